The molecule has 0 radical (unpaired) electrons. The normalized spacial score (nSPS) is 14.0. The van der Waals surface area contributed by atoms with E-state index in [1.54, 1.807) is 0 Å². The van der Waals surface area contributed by atoms with E-state index in [4.69, 9.17) is 0 Å². The lowest BCUT2D eigenvalue weighted by molar-refractivity contribution is -0.116. The second-order valence-electron chi connectivity index (χ2n) is 6.37. The van der Waals surface area contributed by atoms with Crippen LogP contribution in [-0.2, 0) is 17.8 Å². The lowest BCUT2D eigenvalue weighted by Gasteiger charge is -2.11. The third-order valence-electron chi connectivity index (χ3n) is 4.48. The van der Waals surface area contributed by atoms with Crippen molar-refractivity contribution in [3.8, 4) is 0 Å². The number of carbonyl (C=O) groups excluding carboxylic acids is 1. The third-order valence-corrected chi connectivity index (χ3v) is 5.67. The van der Waals surface area contributed by atoms with E-state index in [1.807, 2.05) is 31.2 Å². The van der Waals surface area contributed by atoms with Crippen LogP contribution in [-0.4, -0.2) is 15.5 Å². The number of fused-ring (bicyclic) bond motifs is 1. The molecule has 1 saturated carbocycles. The molecule has 0 saturated heterocycles. The van der Waals surface area contributed by atoms with Gasteiger partial charge in [0.2, 0.25) is 5.91 Å². The maximum absolute atomic E-state index is 12.6. The Hall–Kier alpha value is -2.47. The molecule has 128 valence electrons. The number of hydrogen-bond acceptors (Lipinski definition) is 4. The van der Waals surface area contributed by atoms with Crippen molar-refractivity contribution < 1.29 is 4.79 Å². The summed E-state index contributed by atoms with van der Waals surface area (Å²) in [6.07, 6.45) is 4.68. The van der Waals surface area contributed by atoms with E-state index < -0.39 is 0 Å². The highest BCUT2D eigenvalue weighted by atomic mass is 32.1. The molecule has 4 rings (SSSR count). The predicted molar refractivity (Wildman–Crippen MR) is 100 cm³/mol. The van der Waals surface area contributed by atoms with Gasteiger partial charge in [-0.2, -0.15) is 0 Å². The Labute approximate surface area is 149 Å². The number of carbonyl (C=O) groups is 1. The summed E-state index contributed by atoms with van der Waals surface area (Å²) >= 11 is 1.53. The highest BCUT2D eigenvalue weighted by Crippen LogP contribution is 2.43. The van der Waals surface area contributed by atoms with Gasteiger partial charge in [-0.25, -0.2) is 4.98 Å². The first-order chi connectivity index (χ1) is 12.2. The molecule has 1 amide bonds. The number of aromatic nitrogens is 2. The molecule has 3 aromatic rings. The fourth-order valence-electron chi connectivity index (χ4n) is 3.00. The topological polar surface area (TPSA) is 64.0 Å². The molecule has 0 spiro atoms. The van der Waals surface area contributed by atoms with Crippen LogP contribution in [0.2, 0.25) is 0 Å². The predicted octanol–water partition coefficient (Wildman–Crippen LogP) is 3.54. The van der Waals surface area contributed by atoms with Crippen LogP contribution < -0.4 is 10.9 Å². The van der Waals surface area contributed by atoms with Crippen LogP contribution in [0.1, 0.15) is 36.1 Å². The van der Waals surface area contributed by atoms with Crippen LogP contribution >= 0.6 is 11.3 Å². The SMILES string of the molecule is CCc1cc2c(=O)n(CC(=O)Nc3ccccc3C3CC3)cnc2s1. The Morgan fingerprint density at radius 1 is 1.36 bits per heavy atom. The smallest absolute Gasteiger partial charge is 0.262 e. The summed E-state index contributed by atoms with van der Waals surface area (Å²) in [5.41, 5.74) is 1.87. The number of hydrogen-bond donors (Lipinski definition) is 1. The first-order valence-electron chi connectivity index (χ1n) is 8.52. The average Bonchev–Trinajstić information content (AvgIpc) is 3.36. The highest BCUT2D eigenvalue weighted by Gasteiger charge is 2.26. The minimum absolute atomic E-state index is 0.0297. The molecule has 0 bridgehead atoms. The number of thiophene rings is 1. The summed E-state index contributed by atoms with van der Waals surface area (Å²) in [5.74, 6) is 0.345. The minimum atomic E-state index is -0.206. The zero-order chi connectivity index (χ0) is 17.4. The molecule has 6 heteroatoms. The summed E-state index contributed by atoms with van der Waals surface area (Å²) in [7, 11) is 0. The first-order valence-corrected chi connectivity index (χ1v) is 9.34. The monoisotopic (exact) mass is 353 g/mol. The Morgan fingerprint density at radius 3 is 2.92 bits per heavy atom. The third kappa shape index (κ3) is 3.22. The molecule has 0 atom stereocenters. The number of nitrogens with one attached hydrogen (secondary N) is 1. The Bertz CT molecular complexity index is 1000. The van der Waals surface area contributed by atoms with Crippen LogP contribution in [0.15, 0.2) is 41.5 Å². The molecule has 1 aliphatic carbocycles. The second kappa shape index (κ2) is 6.44. The van der Waals surface area contributed by atoms with Crippen LogP contribution in [0.25, 0.3) is 10.2 Å². The summed E-state index contributed by atoms with van der Waals surface area (Å²) in [5, 5.41) is 3.54. The van der Waals surface area contributed by atoms with Gasteiger partial charge in [-0.3, -0.25) is 14.2 Å². The summed E-state index contributed by atoms with van der Waals surface area (Å²) < 4.78 is 1.38. The number of aryl methyl sites for hydroxylation is 1. The van der Waals surface area contributed by atoms with Crippen molar-refractivity contribution in [1.29, 1.82) is 0 Å². The molecule has 1 fully saturated rings. The van der Waals surface area contributed by atoms with Gasteiger partial charge >= 0.3 is 0 Å². The van der Waals surface area contributed by atoms with E-state index >= 15 is 0 Å². The largest absolute Gasteiger partial charge is 0.324 e. The van der Waals surface area contributed by atoms with Crippen molar-refractivity contribution in [1.82, 2.24) is 9.55 Å². The van der Waals surface area contributed by atoms with E-state index in [0.717, 1.165) is 21.8 Å². The highest BCUT2D eigenvalue weighted by molar-refractivity contribution is 7.18. The lowest BCUT2D eigenvalue weighted by atomic mass is 10.1. The molecule has 2 heterocycles. The van der Waals surface area contributed by atoms with E-state index in [2.05, 4.69) is 16.4 Å². The van der Waals surface area contributed by atoms with Crippen LogP contribution in [0.5, 0.6) is 0 Å². The van der Waals surface area contributed by atoms with Gasteiger partial charge in [0.1, 0.15) is 11.4 Å². The van der Waals surface area contributed by atoms with E-state index in [-0.39, 0.29) is 18.0 Å². The zero-order valence-electron chi connectivity index (χ0n) is 14.0. The summed E-state index contributed by atoms with van der Waals surface area (Å²) in [6.45, 7) is 2.02. The van der Waals surface area contributed by atoms with E-state index in [9.17, 15) is 9.59 Å². The number of amides is 1. The number of para-hydroxylation sites is 1. The molecule has 1 aromatic carbocycles. The van der Waals surface area contributed by atoms with E-state index in [1.165, 1.54) is 40.6 Å². The van der Waals surface area contributed by atoms with E-state index in [0.29, 0.717) is 11.3 Å². The van der Waals surface area contributed by atoms with Gasteiger partial charge in [-0.1, -0.05) is 25.1 Å². The van der Waals surface area contributed by atoms with Crippen molar-refractivity contribution in [3.05, 3.63) is 57.5 Å². The fraction of sp³-hybridized carbons (Fsp3) is 0.316. The molecule has 0 unspecified atom stereocenters. The molecule has 1 N–H and O–H groups in total. The van der Waals surface area contributed by atoms with Gasteiger partial charge in [-0.15, -0.1) is 11.3 Å². The van der Waals surface area contributed by atoms with Crippen molar-refractivity contribution >= 4 is 33.1 Å². The number of rotatable bonds is 5. The molecule has 5 nitrogen and oxygen atoms in total. The van der Waals surface area contributed by atoms with Gasteiger partial charge in [0, 0.05) is 10.6 Å². The standard InChI is InChI=1S/C19H19N3O2S/c1-2-13-9-15-18(25-13)20-11-22(19(15)24)10-17(23)21-16-6-4-3-5-14(16)12-7-8-12/h3-6,9,11-12H,2,7-8,10H2,1H3,(H,21,23). The van der Waals surface area contributed by atoms with Crippen LogP contribution in [0.4, 0.5) is 5.69 Å². The Morgan fingerprint density at radius 2 is 2.16 bits per heavy atom. The van der Waals surface area contributed by atoms with Gasteiger partial charge in [0.05, 0.1) is 11.7 Å². The minimum Gasteiger partial charge on any atom is -0.324 e. The molecule has 1 aliphatic rings. The number of anilines is 1. The molecule has 25 heavy (non-hydrogen) atoms. The van der Waals surface area contributed by atoms with Crippen molar-refractivity contribution in [3.63, 3.8) is 0 Å². The zero-order valence-corrected chi connectivity index (χ0v) is 14.8. The molecular formula is C19H19N3O2S. The van der Waals surface area contributed by atoms with Gasteiger partial charge in [0.25, 0.3) is 5.56 Å². The van der Waals surface area contributed by atoms with Crippen molar-refractivity contribution in [2.45, 2.75) is 38.6 Å². The number of nitrogens with zero attached hydrogens (tertiary/aromatic N) is 2. The summed E-state index contributed by atoms with van der Waals surface area (Å²) in [6, 6.07) is 9.77. The lowest BCUT2D eigenvalue weighted by Crippen LogP contribution is -2.27. The van der Waals surface area contributed by atoms with Crippen LogP contribution in [0.3, 0.4) is 0 Å². The quantitative estimate of drug-likeness (QED) is 0.763. The number of benzene rings is 1. The maximum Gasteiger partial charge on any atom is 0.262 e. The average molecular weight is 353 g/mol. The fourth-order valence-corrected chi connectivity index (χ4v) is 3.93. The molecular weight excluding hydrogens is 334 g/mol. The molecule has 2 aromatic heterocycles. The second-order valence-corrected chi connectivity index (χ2v) is 7.49. The van der Waals surface area contributed by atoms with Crippen LogP contribution in [0, 0.1) is 0 Å². The summed E-state index contributed by atoms with van der Waals surface area (Å²) in [4.78, 5) is 31.2. The van der Waals surface area contributed by atoms with Crippen molar-refractivity contribution in [2.24, 2.45) is 0 Å². The molecule has 0 aliphatic heterocycles. The van der Waals surface area contributed by atoms with Gasteiger partial charge in [0.15, 0.2) is 0 Å². The van der Waals surface area contributed by atoms with Gasteiger partial charge < -0.3 is 5.32 Å². The first kappa shape index (κ1) is 16.0. The van der Waals surface area contributed by atoms with Gasteiger partial charge in [-0.05, 0) is 42.9 Å². The Balaban J connectivity index is 1.56. The maximum atomic E-state index is 12.6. The Kier molecular flexibility index (Phi) is 4.13. The van der Waals surface area contributed by atoms with Crippen molar-refractivity contribution in [2.75, 3.05) is 5.32 Å².